The molecule has 27 heavy (non-hydrogen) atoms. The second kappa shape index (κ2) is 6.60. The van der Waals surface area contributed by atoms with Gasteiger partial charge in [-0.1, -0.05) is 6.07 Å². The van der Waals surface area contributed by atoms with Crippen molar-refractivity contribution in [3.8, 4) is 0 Å². The van der Waals surface area contributed by atoms with E-state index in [-0.39, 0.29) is 24.8 Å². The van der Waals surface area contributed by atoms with Crippen LogP contribution in [0, 0.1) is 18.3 Å². The van der Waals surface area contributed by atoms with Crippen LogP contribution in [0.1, 0.15) is 35.4 Å². The lowest BCUT2D eigenvalue weighted by atomic mass is 9.78. The highest BCUT2D eigenvalue weighted by atomic mass is 19.1. The molecule has 0 aliphatic carbocycles. The number of β-amino-alcohol motifs (C(OH)–C–C–N with tert-alkyl or cyclic N) is 1. The number of fused-ring (bicyclic) bond motifs is 1. The van der Waals surface area contributed by atoms with Crippen molar-refractivity contribution < 1.29 is 19.1 Å². The van der Waals surface area contributed by atoms with E-state index in [2.05, 4.69) is 4.98 Å². The van der Waals surface area contributed by atoms with Gasteiger partial charge in [0.15, 0.2) is 5.69 Å². The van der Waals surface area contributed by atoms with Crippen LogP contribution in [-0.2, 0) is 4.79 Å². The summed E-state index contributed by atoms with van der Waals surface area (Å²) >= 11 is 0. The van der Waals surface area contributed by atoms with Crippen LogP contribution >= 0.6 is 0 Å². The van der Waals surface area contributed by atoms with Gasteiger partial charge in [0.05, 0.1) is 12.0 Å². The van der Waals surface area contributed by atoms with Crippen molar-refractivity contribution in [3.63, 3.8) is 0 Å². The molecule has 2 saturated heterocycles. The summed E-state index contributed by atoms with van der Waals surface area (Å²) in [5.74, 6) is -1.14. The fraction of sp³-hybridized carbons (Fsp3) is 0.526. The zero-order valence-electron chi connectivity index (χ0n) is 15.3. The van der Waals surface area contributed by atoms with E-state index in [1.54, 1.807) is 34.9 Å². The Balaban J connectivity index is 1.59. The summed E-state index contributed by atoms with van der Waals surface area (Å²) in [6, 6.07) is 5.19. The van der Waals surface area contributed by atoms with E-state index in [0.29, 0.717) is 43.8 Å². The highest BCUT2D eigenvalue weighted by Crippen LogP contribution is 2.40. The van der Waals surface area contributed by atoms with Gasteiger partial charge in [-0.2, -0.15) is 4.39 Å². The van der Waals surface area contributed by atoms with Crippen LogP contribution in [0.25, 0.3) is 5.65 Å². The number of imidazole rings is 1. The summed E-state index contributed by atoms with van der Waals surface area (Å²) in [5.41, 5.74) is 0.246. The van der Waals surface area contributed by atoms with Crippen LogP contribution < -0.4 is 0 Å². The molecule has 144 valence electrons. The molecule has 1 spiro atoms. The average molecular weight is 374 g/mol. The first-order valence-corrected chi connectivity index (χ1v) is 9.30. The third kappa shape index (κ3) is 2.79. The van der Waals surface area contributed by atoms with Crippen LogP contribution in [0.2, 0.25) is 0 Å². The summed E-state index contributed by atoms with van der Waals surface area (Å²) in [4.78, 5) is 33.2. The molecule has 2 aliphatic heterocycles. The van der Waals surface area contributed by atoms with Gasteiger partial charge in [-0.05, 0) is 38.3 Å². The van der Waals surface area contributed by atoms with Crippen LogP contribution in [0.15, 0.2) is 18.2 Å². The number of hydrogen-bond acceptors (Lipinski definition) is 4. The summed E-state index contributed by atoms with van der Waals surface area (Å²) in [7, 11) is 0. The van der Waals surface area contributed by atoms with Gasteiger partial charge in [-0.25, -0.2) is 4.98 Å². The second-order valence-corrected chi connectivity index (χ2v) is 7.49. The van der Waals surface area contributed by atoms with E-state index in [1.165, 1.54) is 4.40 Å². The average Bonchev–Trinajstić information content (AvgIpc) is 3.22. The number of nitrogens with zero attached hydrogens (tertiary/aromatic N) is 4. The van der Waals surface area contributed by atoms with Crippen LogP contribution in [-0.4, -0.2) is 68.9 Å². The Morgan fingerprint density at radius 3 is 2.89 bits per heavy atom. The van der Waals surface area contributed by atoms with E-state index in [1.807, 2.05) is 0 Å². The predicted octanol–water partition coefficient (Wildman–Crippen LogP) is 1.23. The van der Waals surface area contributed by atoms with Gasteiger partial charge in [0.2, 0.25) is 11.9 Å². The molecule has 2 aromatic heterocycles. The molecule has 4 heterocycles. The summed E-state index contributed by atoms with van der Waals surface area (Å²) < 4.78 is 16.1. The molecular formula is C19H23FN4O3. The van der Waals surface area contributed by atoms with E-state index in [0.717, 1.165) is 6.42 Å². The molecule has 1 atom stereocenters. The van der Waals surface area contributed by atoms with Crippen molar-refractivity contribution in [3.05, 3.63) is 35.5 Å². The Bertz CT molecular complexity index is 910. The Labute approximate surface area is 156 Å². The van der Waals surface area contributed by atoms with E-state index in [4.69, 9.17) is 5.11 Å². The number of amides is 2. The fourth-order valence-corrected chi connectivity index (χ4v) is 4.41. The van der Waals surface area contributed by atoms with E-state index < -0.39 is 17.3 Å². The standard InChI is InChI=1S/C19H23FN4O3/c1-13-4-2-5-14-21-15(16(20)24(13)14)17(26)23-9-7-19(12-23)6-3-8-22(10-11-25)18(19)27/h2,4-5,25H,3,6-12H2,1H3/t19-/m1/s1. The molecule has 2 amide bonds. The number of carbonyl (C=O) groups is 2. The number of carbonyl (C=O) groups excluding carboxylic acids is 2. The van der Waals surface area contributed by atoms with Gasteiger partial charge in [0.25, 0.3) is 5.91 Å². The Hall–Kier alpha value is -2.48. The number of aliphatic hydroxyl groups excluding tert-OH is 1. The summed E-state index contributed by atoms with van der Waals surface area (Å²) in [6.07, 6.45) is 2.12. The highest BCUT2D eigenvalue weighted by Gasteiger charge is 2.49. The number of rotatable bonds is 3. The summed E-state index contributed by atoms with van der Waals surface area (Å²) in [6.45, 7) is 3.32. The van der Waals surface area contributed by atoms with Gasteiger partial charge in [-0.15, -0.1) is 0 Å². The molecule has 0 unspecified atom stereocenters. The molecule has 1 N–H and O–H groups in total. The number of aryl methyl sites for hydroxylation is 1. The van der Waals surface area contributed by atoms with Crippen LogP contribution in [0.3, 0.4) is 0 Å². The number of aliphatic hydroxyl groups is 1. The SMILES string of the molecule is Cc1cccc2nc(C(=O)N3CC[C@]4(CCCN(CCO)C4=O)C3)c(F)n12. The van der Waals surface area contributed by atoms with Crippen molar-refractivity contribution in [2.24, 2.45) is 5.41 Å². The molecule has 2 fully saturated rings. The van der Waals surface area contributed by atoms with Crippen molar-refractivity contribution in [2.45, 2.75) is 26.2 Å². The molecular weight excluding hydrogens is 351 g/mol. The quantitative estimate of drug-likeness (QED) is 0.877. The number of hydrogen-bond donors (Lipinski definition) is 1. The first-order chi connectivity index (χ1) is 13.0. The van der Waals surface area contributed by atoms with E-state index in [9.17, 15) is 14.0 Å². The molecule has 0 radical (unpaired) electrons. The zero-order valence-corrected chi connectivity index (χ0v) is 15.3. The minimum atomic E-state index is -0.661. The third-order valence-electron chi connectivity index (χ3n) is 5.82. The normalized spacial score (nSPS) is 23.0. The van der Waals surface area contributed by atoms with Crippen molar-refractivity contribution in [1.29, 1.82) is 0 Å². The number of pyridine rings is 1. The largest absolute Gasteiger partial charge is 0.395 e. The van der Waals surface area contributed by atoms with Gasteiger partial charge < -0.3 is 14.9 Å². The second-order valence-electron chi connectivity index (χ2n) is 7.49. The molecule has 2 aromatic rings. The molecule has 0 saturated carbocycles. The molecule has 4 rings (SSSR count). The van der Waals surface area contributed by atoms with Gasteiger partial charge in [0.1, 0.15) is 5.65 Å². The molecule has 0 bridgehead atoms. The third-order valence-corrected chi connectivity index (χ3v) is 5.82. The molecule has 0 aromatic carbocycles. The van der Waals surface area contributed by atoms with Crippen molar-refractivity contribution >= 4 is 17.5 Å². The molecule has 2 aliphatic rings. The number of piperidine rings is 1. The zero-order chi connectivity index (χ0) is 19.2. The Kier molecular flexibility index (Phi) is 4.38. The maximum absolute atomic E-state index is 14.8. The Morgan fingerprint density at radius 1 is 1.33 bits per heavy atom. The lowest BCUT2D eigenvalue weighted by Crippen LogP contribution is -2.51. The smallest absolute Gasteiger partial charge is 0.277 e. The number of likely N-dealkylation sites (tertiary alicyclic amines) is 2. The first-order valence-electron chi connectivity index (χ1n) is 9.30. The van der Waals surface area contributed by atoms with Gasteiger partial charge in [-0.3, -0.25) is 14.0 Å². The van der Waals surface area contributed by atoms with Gasteiger partial charge >= 0.3 is 0 Å². The lowest BCUT2D eigenvalue weighted by molar-refractivity contribution is -0.146. The van der Waals surface area contributed by atoms with E-state index >= 15 is 0 Å². The first kappa shape index (κ1) is 17.9. The minimum Gasteiger partial charge on any atom is -0.395 e. The monoisotopic (exact) mass is 374 g/mol. The van der Waals surface area contributed by atoms with Crippen molar-refractivity contribution in [2.75, 3.05) is 32.8 Å². The fourth-order valence-electron chi connectivity index (χ4n) is 4.41. The maximum Gasteiger partial charge on any atom is 0.277 e. The van der Waals surface area contributed by atoms with Gasteiger partial charge in [0, 0.05) is 31.9 Å². The predicted molar refractivity (Wildman–Crippen MR) is 95.7 cm³/mol. The number of aromatic nitrogens is 2. The Morgan fingerprint density at radius 2 is 2.15 bits per heavy atom. The van der Waals surface area contributed by atoms with Crippen LogP contribution in [0.5, 0.6) is 0 Å². The molecule has 8 heteroatoms. The topological polar surface area (TPSA) is 78.2 Å². The molecule has 7 nitrogen and oxygen atoms in total. The maximum atomic E-state index is 14.8. The summed E-state index contributed by atoms with van der Waals surface area (Å²) in [5, 5.41) is 9.17. The minimum absolute atomic E-state index is 0.00980. The highest BCUT2D eigenvalue weighted by molar-refractivity contribution is 5.94. The van der Waals surface area contributed by atoms with Crippen LogP contribution in [0.4, 0.5) is 4.39 Å². The van der Waals surface area contributed by atoms with Crippen molar-refractivity contribution in [1.82, 2.24) is 19.2 Å². The number of halogens is 1. The lowest BCUT2D eigenvalue weighted by Gasteiger charge is -2.39.